The Morgan fingerprint density at radius 3 is 2.85 bits per heavy atom. The van der Waals surface area contributed by atoms with Crippen LogP contribution in [-0.4, -0.2) is 25.0 Å². The van der Waals surface area contributed by atoms with Crippen LogP contribution in [0.2, 0.25) is 0 Å². The maximum absolute atomic E-state index is 9.83. The number of aromatic amines is 1. The van der Waals surface area contributed by atoms with Crippen LogP contribution in [0.1, 0.15) is 24.4 Å². The molecule has 4 heterocycles. The highest BCUT2D eigenvalue weighted by molar-refractivity contribution is 5.93. The molecule has 4 rings (SSSR count). The second-order valence-corrected chi connectivity index (χ2v) is 6.09. The lowest BCUT2D eigenvalue weighted by atomic mass is 10.1. The van der Waals surface area contributed by atoms with Crippen molar-refractivity contribution in [1.29, 1.82) is 0 Å². The van der Waals surface area contributed by atoms with Gasteiger partial charge in [0.1, 0.15) is 11.5 Å². The highest BCUT2D eigenvalue weighted by Crippen LogP contribution is 2.29. The minimum Gasteiger partial charge on any atom is -0.387 e. The van der Waals surface area contributed by atoms with Crippen LogP contribution in [0.5, 0.6) is 0 Å². The quantitative estimate of drug-likeness (QED) is 0.513. The van der Waals surface area contributed by atoms with Gasteiger partial charge in [-0.05, 0) is 43.3 Å². The zero-order valence-corrected chi connectivity index (χ0v) is 14.3. The Balaban J connectivity index is 1.72. The van der Waals surface area contributed by atoms with E-state index in [4.69, 9.17) is 0 Å². The first kappa shape index (κ1) is 16.2. The molecule has 0 bridgehead atoms. The summed E-state index contributed by atoms with van der Waals surface area (Å²) in [5.74, 6) is 0.741. The third-order valence-corrected chi connectivity index (χ3v) is 4.18. The summed E-state index contributed by atoms with van der Waals surface area (Å²) in [5.41, 5.74) is 4.14. The van der Waals surface area contributed by atoms with Crippen molar-refractivity contribution in [3.05, 3.63) is 72.3 Å². The first-order chi connectivity index (χ1) is 12.7. The summed E-state index contributed by atoms with van der Waals surface area (Å²) in [7, 11) is 0. The molecular formula is C20H19N5O. The number of nitrogens with zero attached hydrogens (tertiary/aromatic N) is 3. The smallest absolute Gasteiger partial charge is 0.140 e. The van der Waals surface area contributed by atoms with E-state index in [2.05, 4.69) is 25.3 Å². The molecule has 0 fully saturated rings. The number of fused-ring (bicyclic) bond motifs is 1. The molecule has 6 heteroatoms. The van der Waals surface area contributed by atoms with Crippen molar-refractivity contribution >= 4 is 16.9 Å². The SMILES string of the molecule is C[C@@H](O)c1cccc(-c2cc(NCc3ccccn3)nc3[nH]ccc23)n1. The van der Waals surface area contributed by atoms with Gasteiger partial charge < -0.3 is 15.4 Å². The van der Waals surface area contributed by atoms with Crippen LogP contribution in [0.4, 0.5) is 5.82 Å². The third kappa shape index (κ3) is 3.27. The van der Waals surface area contributed by atoms with Gasteiger partial charge in [-0.15, -0.1) is 0 Å². The van der Waals surface area contributed by atoms with Gasteiger partial charge in [-0.25, -0.2) is 4.98 Å². The van der Waals surface area contributed by atoms with Crippen LogP contribution >= 0.6 is 0 Å². The fourth-order valence-corrected chi connectivity index (χ4v) is 2.86. The number of H-pyrrole nitrogens is 1. The molecule has 0 aromatic carbocycles. The predicted molar refractivity (Wildman–Crippen MR) is 102 cm³/mol. The van der Waals surface area contributed by atoms with Gasteiger partial charge >= 0.3 is 0 Å². The molecule has 0 spiro atoms. The van der Waals surface area contributed by atoms with Crippen molar-refractivity contribution in [1.82, 2.24) is 19.9 Å². The van der Waals surface area contributed by atoms with E-state index in [1.165, 1.54) is 0 Å². The maximum Gasteiger partial charge on any atom is 0.140 e. The molecular weight excluding hydrogens is 326 g/mol. The lowest BCUT2D eigenvalue weighted by Gasteiger charge is -2.11. The number of hydrogen-bond donors (Lipinski definition) is 3. The van der Waals surface area contributed by atoms with Gasteiger partial charge in [0.25, 0.3) is 0 Å². The van der Waals surface area contributed by atoms with E-state index < -0.39 is 6.10 Å². The normalized spacial score (nSPS) is 12.2. The molecule has 0 unspecified atom stereocenters. The number of aliphatic hydroxyl groups excluding tert-OH is 1. The van der Waals surface area contributed by atoms with Gasteiger partial charge in [0.15, 0.2) is 0 Å². The highest BCUT2D eigenvalue weighted by Gasteiger charge is 2.12. The number of pyridine rings is 3. The second-order valence-electron chi connectivity index (χ2n) is 6.09. The molecule has 0 aliphatic carbocycles. The molecule has 1 atom stereocenters. The Hall–Kier alpha value is -3.25. The summed E-state index contributed by atoms with van der Waals surface area (Å²) in [6.07, 6.45) is 3.03. The Morgan fingerprint density at radius 2 is 2.04 bits per heavy atom. The fraction of sp³-hybridized carbons (Fsp3) is 0.150. The molecule has 26 heavy (non-hydrogen) atoms. The predicted octanol–water partition coefficient (Wildman–Crippen LogP) is 3.69. The van der Waals surface area contributed by atoms with Gasteiger partial charge in [-0.1, -0.05) is 12.1 Å². The molecule has 4 aromatic rings. The van der Waals surface area contributed by atoms with Crippen LogP contribution in [0, 0.1) is 0 Å². The summed E-state index contributed by atoms with van der Waals surface area (Å²) in [6, 6.07) is 15.5. The minimum atomic E-state index is -0.611. The van der Waals surface area contributed by atoms with Crippen molar-refractivity contribution in [3.8, 4) is 11.3 Å². The van der Waals surface area contributed by atoms with Crippen LogP contribution in [0.3, 0.4) is 0 Å². The Bertz CT molecular complexity index is 1030. The lowest BCUT2D eigenvalue weighted by molar-refractivity contribution is 0.194. The standard InChI is InChI=1S/C20H19N5O/c1-13(26)17-6-4-7-18(24-17)16-11-19(25-20-15(16)8-10-22-20)23-12-14-5-2-3-9-21-14/h2-11,13,26H,12H2,1H3,(H2,22,23,25)/t13-/m1/s1. The lowest BCUT2D eigenvalue weighted by Crippen LogP contribution is -2.04. The molecule has 0 radical (unpaired) electrons. The van der Waals surface area contributed by atoms with Crippen molar-refractivity contribution in [2.45, 2.75) is 19.6 Å². The molecule has 0 saturated carbocycles. The van der Waals surface area contributed by atoms with Gasteiger partial charge in [-0.2, -0.15) is 0 Å². The molecule has 0 aliphatic heterocycles. The number of hydrogen-bond acceptors (Lipinski definition) is 5. The molecule has 3 N–H and O–H groups in total. The topological polar surface area (TPSA) is 86.7 Å². The fourth-order valence-electron chi connectivity index (χ4n) is 2.86. The molecule has 0 amide bonds. The minimum absolute atomic E-state index is 0.584. The van der Waals surface area contributed by atoms with Crippen molar-refractivity contribution in [2.24, 2.45) is 0 Å². The van der Waals surface area contributed by atoms with E-state index in [0.29, 0.717) is 12.2 Å². The largest absolute Gasteiger partial charge is 0.387 e. The third-order valence-electron chi connectivity index (χ3n) is 4.18. The molecule has 0 saturated heterocycles. The molecule has 0 aliphatic rings. The van der Waals surface area contributed by atoms with Crippen molar-refractivity contribution < 1.29 is 5.11 Å². The van der Waals surface area contributed by atoms with Crippen LogP contribution in [-0.2, 0) is 6.54 Å². The maximum atomic E-state index is 9.83. The summed E-state index contributed by atoms with van der Waals surface area (Å²) in [5, 5.41) is 14.1. The Kier molecular flexibility index (Phi) is 4.33. The Morgan fingerprint density at radius 1 is 1.12 bits per heavy atom. The van der Waals surface area contributed by atoms with E-state index in [9.17, 15) is 5.11 Å². The molecule has 4 aromatic heterocycles. The average molecular weight is 345 g/mol. The first-order valence-corrected chi connectivity index (χ1v) is 8.48. The number of aliphatic hydroxyl groups is 1. The summed E-state index contributed by atoms with van der Waals surface area (Å²) in [6.45, 7) is 2.30. The van der Waals surface area contributed by atoms with Gasteiger partial charge in [-0.3, -0.25) is 9.97 Å². The van der Waals surface area contributed by atoms with Gasteiger partial charge in [0.2, 0.25) is 0 Å². The zero-order valence-electron chi connectivity index (χ0n) is 14.3. The number of rotatable bonds is 5. The number of aromatic nitrogens is 4. The molecule has 130 valence electrons. The first-order valence-electron chi connectivity index (χ1n) is 8.48. The van der Waals surface area contributed by atoms with E-state index in [-0.39, 0.29) is 0 Å². The van der Waals surface area contributed by atoms with E-state index in [0.717, 1.165) is 33.8 Å². The second kappa shape index (κ2) is 6.93. The molecule has 6 nitrogen and oxygen atoms in total. The van der Waals surface area contributed by atoms with E-state index in [1.54, 1.807) is 13.1 Å². The summed E-state index contributed by atoms with van der Waals surface area (Å²) < 4.78 is 0. The number of nitrogens with one attached hydrogen (secondary N) is 2. The van der Waals surface area contributed by atoms with Crippen LogP contribution in [0.25, 0.3) is 22.3 Å². The van der Waals surface area contributed by atoms with E-state index in [1.807, 2.05) is 54.7 Å². The zero-order chi connectivity index (χ0) is 17.9. The average Bonchev–Trinajstić information content (AvgIpc) is 3.15. The number of anilines is 1. The van der Waals surface area contributed by atoms with Crippen molar-refractivity contribution in [3.63, 3.8) is 0 Å². The summed E-state index contributed by atoms with van der Waals surface area (Å²) in [4.78, 5) is 16.7. The van der Waals surface area contributed by atoms with Gasteiger partial charge in [0, 0.05) is 23.3 Å². The van der Waals surface area contributed by atoms with Crippen molar-refractivity contribution in [2.75, 3.05) is 5.32 Å². The monoisotopic (exact) mass is 345 g/mol. The van der Waals surface area contributed by atoms with Crippen LogP contribution in [0.15, 0.2) is 60.9 Å². The summed E-state index contributed by atoms with van der Waals surface area (Å²) >= 11 is 0. The van der Waals surface area contributed by atoms with Crippen LogP contribution < -0.4 is 5.32 Å². The van der Waals surface area contributed by atoms with Gasteiger partial charge in [0.05, 0.1) is 29.7 Å². The Labute approximate surface area is 151 Å². The van der Waals surface area contributed by atoms with E-state index >= 15 is 0 Å². The highest BCUT2D eigenvalue weighted by atomic mass is 16.3.